The lowest BCUT2D eigenvalue weighted by Crippen LogP contribution is -2.51. The lowest BCUT2D eigenvalue weighted by atomic mass is 9.76. The molecule has 1 aromatic heterocycles. The summed E-state index contributed by atoms with van der Waals surface area (Å²) in [4.78, 5) is 21.6. The van der Waals surface area contributed by atoms with Crippen molar-refractivity contribution in [1.82, 2.24) is 9.97 Å². The van der Waals surface area contributed by atoms with Crippen molar-refractivity contribution in [3.8, 4) is 0 Å². The number of fused-ring (bicyclic) bond motifs is 15. The van der Waals surface area contributed by atoms with Crippen LogP contribution >= 0.6 is 0 Å². The molecule has 7 aromatic rings. The van der Waals surface area contributed by atoms with Crippen LogP contribution in [0.4, 0.5) is 40.1 Å². The number of nitrogens with zero attached hydrogens (tertiary/aromatic N) is 6. The van der Waals surface area contributed by atoms with Gasteiger partial charge >= 0.3 is 0 Å². The largest absolute Gasteiger partial charge is 0.342 e. The average molecular weight is 779 g/mol. The predicted octanol–water partition coefficient (Wildman–Crippen LogP) is 12.7. The fourth-order valence-electron chi connectivity index (χ4n) is 12.8. The highest BCUT2D eigenvalue weighted by Crippen LogP contribution is 2.83. The minimum atomic E-state index is -0.239. The van der Waals surface area contributed by atoms with Crippen molar-refractivity contribution < 1.29 is 0 Å². The van der Waals surface area contributed by atoms with Crippen LogP contribution in [0.3, 0.4) is 0 Å². The molecule has 292 valence electrons. The summed E-state index contributed by atoms with van der Waals surface area (Å²) < 4.78 is 0. The second kappa shape index (κ2) is 12.2. The van der Waals surface area contributed by atoms with E-state index in [9.17, 15) is 0 Å². The van der Waals surface area contributed by atoms with Gasteiger partial charge in [0.2, 0.25) is 0 Å². The summed E-state index contributed by atoms with van der Waals surface area (Å²) in [6.45, 7) is 7.26. The maximum absolute atomic E-state index is 5.49. The Morgan fingerprint density at radius 3 is 1.97 bits per heavy atom. The van der Waals surface area contributed by atoms with E-state index in [1.54, 1.807) is 5.57 Å². The third-order valence-corrected chi connectivity index (χ3v) is 15.1. The topological polar surface area (TPSA) is 38.7 Å². The minimum Gasteiger partial charge on any atom is -0.342 e. The Morgan fingerprint density at radius 2 is 1.23 bits per heavy atom. The summed E-state index contributed by atoms with van der Waals surface area (Å²) >= 11 is 0. The zero-order chi connectivity index (χ0) is 39.9. The predicted molar refractivity (Wildman–Crippen MR) is 247 cm³/mol. The number of hydrogen-bond donors (Lipinski definition) is 0. The van der Waals surface area contributed by atoms with Gasteiger partial charge in [-0.05, 0) is 94.8 Å². The number of allylic oxidation sites excluding steroid dienone is 2. The van der Waals surface area contributed by atoms with Crippen molar-refractivity contribution in [1.29, 1.82) is 0 Å². The number of benzene rings is 6. The quantitative estimate of drug-likeness (QED) is 0.177. The van der Waals surface area contributed by atoms with Crippen LogP contribution in [0.2, 0.25) is 0 Å². The fourth-order valence-corrected chi connectivity index (χ4v) is 12.8. The Hall–Kier alpha value is -6.66. The highest BCUT2D eigenvalue weighted by atomic mass is 15.5. The Balaban J connectivity index is 1.09. The van der Waals surface area contributed by atoms with Crippen LogP contribution in [0.25, 0.3) is 27.4 Å². The molecule has 0 bridgehead atoms. The summed E-state index contributed by atoms with van der Waals surface area (Å²) in [5, 5.41) is 2.56. The van der Waals surface area contributed by atoms with Crippen LogP contribution in [-0.4, -0.2) is 28.3 Å². The number of anilines is 7. The summed E-state index contributed by atoms with van der Waals surface area (Å²) in [6.07, 6.45) is 12.2. The van der Waals surface area contributed by atoms with Crippen molar-refractivity contribution in [2.45, 2.75) is 63.8 Å². The van der Waals surface area contributed by atoms with Gasteiger partial charge in [0, 0.05) is 34.2 Å². The van der Waals surface area contributed by atoms with Gasteiger partial charge in [-0.3, -0.25) is 0 Å². The molecule has 2 aliphatic carbocycles. The summed E-state index contributed by atoms with van der Waals surface area (Å²) in [5.74, 6) is 2.23. The smallest absolute Gasteiger partial charge is 0.179 e. The molecule has 6 heteroatoms. The van der Waals surface area contributed by atoms with E-state index in [0.717, 1.165) is 47.6 Å². The highest BCUT2D eigenvalue weighted by Gasteiger charge is 2.81. The number of aromatic nitrogens is 2. The van der Waals surface area contributed by atoms with E-state index < -0.39 is 0 Å². The lowest BCUT2D eigenvalue weighted by molar-refractivity contribution is 0.315. The van der Waals surface area contributed by atoms with Crippen molar-refractivity contribution in [3.63, 3.8) is 0 Å². The van der Waals surface area contributed by atoms with E-state index in [1.165, 1.54) is 50.2 Å². The average Bonchev–Trinajstić information content (AvgIpc) is 3.62. The molecule has 6 aromatic carbocycles. The molecule has 60 heavy (non-hydrogen) atoms. The van der Waals surface area contributed by atoms with Crippen LogP contribution < -0.4 is 19.6 Å². The lowest BCUT2D eigenvalue weighted by Gasteiger charge is -2.45. The Morgan fingerprint density at radius 1 is 0.600 bits per heavy atom. The van der Waals surface area contributed by atoms with Crippen LogP contribution in [0.5, 0.6) is 0 Å². The van der Waals surface area contributed by atoms with Gasteiger partial charge in [0.25, 0.3) is 0 Å². The van der Waals surface area contributed by atoms with Gasteiger partial charge in [-0.2, -0.15) is 0 Å². The van der Waals surface area contributed by atoms with Crippen molar-refractivity contribution >= 4 is 67.5 Å². The first-order chi connectivity index (χ1) is 29.6. The van der Waals surface area contributed by atoms with E-state index in [2.05, 4.69) is 204 Å². The second-order valence-electron chi connectivity index (χ2n) is 17.5. The zero-order valence-corrected chi connectivity index (χ0v) is 34.2. The first-order valence-electron chi connectivity index (χ1n) is 21.9. The minimum absolute atomic E-state index is 0.0622. The van der Waals surface area contributed by atoms with Crippen LogP contribution in [-0.2, 0) is 5.41 Å². The molecule has 6 nitrogen and oxygen atoms in total. The molecule has 13 rings (SSSR count). The van der Waals surface area contributed by atoms with E-state index in [0.29, 0.717) is 5.92 Å². The molecular formula is C54H46N6. The maximum Gasteiger partial charge on any atom is 0.179 e. The van der Waals surface area contributed by atoms with Gasteiger partial charge < -0.3 is 19.6 Å². The van der Waals surface area contributed by atoms with Gasteiger partial charge in [-0.1, -0.05) is 136 Å². The van der Waals surface area contributed by atoms with Crippen molar-refractivity contribution in [2.75, 3.05) is 19.6 Å². The van der Waals surface area contributed by atoms with E-state index in [4.69, 9.17) is 9.97 Å². The number of para-hydroxylation sites is 5. The van der Waals surface area contributed by atoms with Crippen molar-refractivity contribution in [2.24, 2.45) is 11.3 Å². The summed E-state index contributed by atoms with van der Waals surface area (Å²) in [6, 6.07) is 51.9. The SMILES string of the molecule is CCC12/C(=C3/CC4N(c5ccccc53)c3cc5ccccc5cc3N4C3C=CC=CC3C)C1(CC)C1N(c3ccccc3)c3nc4ccccc4nc3N1c1ccccc12. The van der Waals surface area contributed by atoms with Gasteiger partial charge in [0.05, 0.1) is 34.1 Å². The Kier molecular flexibility index (Phi) is 6.96. The third kappa shape index (κ3) is 4.14. The molecule has 5 heterocycles. The first-order valence-corrected chi connectivity index (χ1v) is 21.9. The zero-order valence-electron chi connectivity index (χ0n) is 34.2. The molecule has 0 N–H and O–H groups in total. The molecule has 4 aliphatic heterocycles. The molecule has 0 saturated heterocycles. The monoisotopic (exact) mass is 778 g/mol. The van der Waals surface area contributed by atoms with E-state index in [-0.39, 0.29) is 29.2 Å². The van der Waals surface area contributed by atoms with Crippen LogP contribution in [0.15, 0.2) is 169 Å². The number of hydrogen-bond acceptors (Lipinski definition) is 6. The van der Waals surface area contributed by atoms with Gasteiger partial charge in [0.1, 0.15) is 12.3 Å². The number of rotatable bonds is 4. The second-order valence-corrected chi connectivity index (χ2v) is 17.5. The molecule has 1 saturated carbocycles. The van der Waals surface area contributed by atoms with Crippen LogP contribution in [0, 0.1) is 11.3 Å². The van der Waals surface area contributed by atoms with Gasteiger partial charge in [-0.25, -0.2) is 9.97 Å². The van der Waals surface area contributed by atoms with E-state index in [1.807, 2.05) is 0 Å². The van der Waals surface area contributed by atoms with E-state index >= 15 is 0 Å². The molecule has 6 unspecified atom stereocenters. The summed E-state index contributed by atoms with van der Waals surface area (Å²) in [7, 11) is 0. The molecule has 6 aliphatic rings. The standard InChI is InChI=1S/C54H46N6/c1-4-53-40-25-13-18-30-45(40)60-51-50(55-41-26-14-15-27-42(41)56-51)57(37-22-7-6-8-23-37)52(60)54(53,5-2)49(53)39-33-48-58(43-28-16-9-19-34(43)3)46-31-35-20-10-11-21-36(35)32-47(46)59(48)44-29-17-12-24-38(39)44/h6-32,34,43,48,52H,4-5,33H2,1-3H3/b49-39+. The van der Waals surface area contributed by atoms with Crippen LogP contribution in [0.1, 0.15) is 51.2 Å². The van der Waals surface area contributed by atoms with Gasteiger partial charge in [0.15, 0.2) is 11.6 Å². The first kappa shape index (κ1) is 34.2. The third-order valence-electron chi connectivity index (χ3n) is 15.1. The molecular weight excluding hydrogens is 733 g/mol. The normalized spacial score (nSPS) is 27.6. The molecule has 6 atom stereocenters. The Labute approximate surface area is 351 Å². The molecule has 0 spiro atoms. The van der Waals surface area contributed by atoms with Crippen molar-refractivity contribution in [3.05, 3.63) is 181 Å². The molecule has 0 radical (unpaired) electrons. The van der Waals surface area contributed by atoms with Gasteiger partial charge in [-0.15, -0.1) is 0 Å². The summed E-state index contributed by atoms with van der Waals surface area (Å²) in [5.41, 5.74) is 13.6. The highest BCUT2D eigenvalue weighted by molar-refractivity contribution is 6.03. The Bertz CT molecular complexity index is 3040. The fraction of sp³-hybridized carbons (Fsp3) is 0.222. The molecule has 0 amide bonds. The maximum atomic E-state index is 5.49. The molecule has 1 fully saturated rings.